The van der Waals surface area contributed by atoms with Crippen LogP contribution in [0, 0.1) is 18.6 Å². The van der Waals surface area contributed by atoms with E-state index in [9.17, 15) is 4.39 Å². The number of nitrogens with zero attached hydrogens (tertiary/aromatic N) is 5. The van der Waals surface area contributed by atoms with E-state index in [1.165, 1.54) is 6.07 Å². The van der Waals surface area contributed by atoms with E-state index in [2.05, 4.69) is 25.2 Å². The summed E-state index contributed by atoms with van der Waals surface area (Å²) in [5.41, 5.74) is 5.23. The molecule has 1 saturated heterocycles. The number of benzene rings is 1. The molecule has 0 bridgehead atoms. The number of methoxy groups -OCH3 is 1. The van der Waals surface area contributed by atoms with Gasteiger partial charge in [0, 0.05) is 61.7 Å². The first-order chi connectivity index (χ1) is 19.5. The van der Waals surface area contributed by atoms with Crippen molar-refractivity contribution in [3.05, 3.63) is 90.5 Å². The van der Waals surface area contributed by atoms with Gasteiger partial charge in [-0.3, -0.25) is 15.0 Å². The first-order valence-corrected chi connectivity index (χ1v) is 12.8. The number of rotatable bonds is 6. The van der Waals surface area contributed by atoms with Crippen LogP contribution < -0.4 is 10.2 Å². The average molecular weight is 541 g/mol. The highest BCUT2D eigenvalue weighted by molar-refractivity contribution is 6.01. The van der Waals surface area contributed by atoms with Gasteiger partial charge in [0.15, 0.2) is 6.29 Å². The minimum Gasteiger partial charge on any atom is -0.362 e. The lowest BCUT2D eigenvalue weighted by Gasteiger charge is -2.35. The molecule has 0 amide bonds. The van der Waals surface area contributed by atoms with Crippen molar-refractivity contribution in [3.8, 4) is 22.6 Å². The minimum absolute atomic E-state index is 0.169. The summed E-state index contributed by atoms with van der Waals surface area (Å²) in [6, 6.07) is 13.2. The molecule has 0 spiro atoms. The smallest absolute Gasteiger partial charge is 0.174 e. The molecule has 4 aromatic heterocycles. The lowest BCUT2D eigenvalue weighted by Crippen LogP contribution is -2.43. The van der Waals surface area contributed by atoms with Gasteiger partial charge in [0.1, 0.15) is 11.6 Å². The predicted molar refractivity (Wildman–Crippen MR) is 149 cm³/mol. The number of nitrogens with one attached hydrogen (secondary N) is 1. The lowest BCUT2D eigenvalue weighted by atomic mass is 10.0. The Morgan fingerprint density at radius 3 is 2.67 bits per heavy atom. The second-order valence-electron chi connectivity index (χ2n) is 9.36. The maximum atomic E-state index is 15.5. The van der Waals surface area contributed by atoms with Crippen LogP contribution in [0.3, 0.4) is 0 Å². The molecule has 1 aliphatic heterocycles. The van der Waals surface area contributed by atoms with E-state index in [1.54, 1.807) is 38.0 Å². The third kappa shape index (κ3) is 4.83. The normalized spacial score (nSPS) is 15.4. The van der Waals surface area contributed by atoms with E-state index in [0.717, 1.165) is 17.3 Å². The molecule has 10 heteroatoms. The SMILES string of the molecule is COC1CN(c2ccnc(-c3cccnc3)c2Nc2c(C)c(-c3ccccn3)nc3cc(F)cc(F)c23)CCO1. The van der Waals surface area contributed by atoms with Crippen LogP contribution in [-0.2, 0) is 9.47 Å². The monoisotopic (exact) mass is 540 g/mol. The van der Waals surface area contributed by atoms with E-state index in [4.69, 9.17) is 14.5 Å². The quantitative estimate of drug-likeness (QED) is 0.285. The van der Waals surface area contributed by atoms with Crippen LogP contribution in [0.2, 0.25) is 0 Å². The van der Waals surface area contributed by atoms with E-state index in [-0.39, 0.29) is 10.9 Å². The Kier molecular flexibility index (Phi) is 7.02. The molecular formula is C30H26F2N6O2. The topological polar surface area (TPSA) is 85.3 Å². The van der Waals surface area contributed by atoms with Gasteiger partial charge in [-0.2, -0.15) is 0 Å². The molecule has 0 saturated carbocycles. The number of pyridine rings is 4. The Bertz CT molecular complexity index is 1670. The molecule has 202 valence electrons. The van der Waals surface area contributed by atoms with Crippen molar-refractivity contribution in [1.82, 2.24) is 19.9 Å². The van der Waals surface area contributed by atoms with Crippen molar-refractivity contribution in [2.75, 3.05) is 37.0 Å². The van der Waals surface area contributed by atoms with Crippen LogP contribution in [-0.4, -0.2) is 53.0 Å². The molecule has 0 radical (unpaired) electrons. The van der Waals surface area contributed by atoms with Gasteiger partial charge in [-0.15, -0.1) is 0 Å². The summed E-state index contributed by atoms with van der Waals surface area (Å²) in [4.78, 5) is 20.2. The maximum absolute atomic E-state index is 15.5. The summed E-state index contributed by atoms with van der Waals surface area (Å²) in [7, 11) is 1.61. The van der Waals surface area contributed by atoms with Crippen LogP contribution in [0.15, 0.2) is 73.3 Å². The second kappa shape index (κ2) is 10.9. The third-order valence-electron chi connectivity index (χ3n) is 6.91. The third-order valence-corrected chi connectivity index (χ3v) is 6.91. The first-order valence-electron chi connectivity index (χ1n) is 12.8. The van der Waals surface area contributed by atoms with Crippen molar-refractivity contribution in [2.24, 2.45) is 0 Å². The fourth-order valence-corrected chi connectivity index (χ4v) is 4.98. The zero-order valence-electron chi connectivity index (χ0n) is 21.9. The van der Waals surface area contributed by atoms with Gasteiger partial charge < -0.3 is 19.7 Å². The highest BCUT2D eigenvalue weighted by Gasteiger charge is 2.26. The zero-order valence-corrected chi connectivity index (χ0v) is 21.9. The Morgan fingerprint density at radius 2 is 1.90 bits per heavy atom. The molecule has 1 N–H and O–H groups in total. The van der Waals surface area contributed by atoms with Gasteiger partial charge in [0.05, 0.1) is 58.2 Å². The fraction of sp³-hybridized carbons (Fsp3) is 0.200. The van der Waals surface area contributed by atoms with E-state index in [0.29, 0.717) is 53.7 Å². The van der Waals surface area contributed by atoms with Crippen molar-refractivity contribution in [2.45, 2.75) is 13.2 Å². The Hall–Kier alpha value is -4.54. The van der Waals surface area contributed by atoms with Crippen LogP contribution in [0.5, 0.6) is 0 Å². The summed E-state index contributed by atoms with van der Waals surface area (Å²) in [6.07, 6.45) is 6.39. The molecule has 1 fully saturated rings. The fourth-order valence-electron chi connectivity index (χ4n) is 4.98. The van der Waals surface area contributed by atoms with Crippen molar-refractivity contribution >= 4 is 28.0 Å². The van der Waals surface area contributed by atoms with Gasteiger partial charge in [-0.1, -0.05) is 6.07 Å². The maximum Gasteiger partial charge on any atom is 0.174 e. The summed E-state index contributed by atoms with van der Waals surface area (Å²) in [5, 5.41) is 3.68. The Balaban J connectivity index is 1.60. The summed E-state index contributed by atoms with van der Waals surface area (Å²) in [5.74, 6) is -1.43. The van der Waals surface area contributed by atoms with E-state index >= 15 is 4.39 Å². The van der Waals surface area contributed by atoms with Crippen LogP contribution in [0.25, 0.3) is 33.5 Å². The standard InChI is InChI=1S/C30H26F2N6O2/c1-18-27(22-7-3-4-10-34-22)36-23-15-20(31)14-21(32)26(23)28(18)37-30-24(38-12-13-40-25(17-38)39-2)8-11-35-29(30)19-6-5-9-33-16-19/h3-11,14-16,25H,12-13,17H2,1-2H3,(H,36,37). The molecule has 0 aliphatic carbocycles. The van der Waals surface area contributed by atoms with Crippen molar-refractivity contribution in [3.63, 3.8) is 0 Å². The van der Waals surface area contributed by atoms with Gasteiger partial charge in [0.2, 0.25) is 0 Å². The zero-order chi connectivity index (χ0) is 27.6. The van der Waals surface area contributed by atoms with E-state index in [1.807, 2.05) is 37.3 Å². The number of hydrogen-bond acceptors (Lipinski definition) is 8. The molecule has 1 atom stereocenters. The second-order valence-corrected chi connectivity index (χ2v) is 9.36. The van der Waals surface area contributed by atoms with Gasteiger partial charge >= 0.3 is 0 Å². The average Bonchev–Trinajstić information content (AvgIpc) is 2.99. The number of aromatic nitrogens is 4. The molecule has 1 unspecified atom stereocenters. The summed E-state index contributed by atoms with van der Waals surface area (Å²) in [6.45, 7) is 3.41. The number of ether oxygens (including phenoxy) is 2. The van der Waals surface area contributed by atoms with Crippen molar-refractivity contribution in [1.29, 1.82) is 0 Å². The molecule has 8 nitrogen and oxygen atoms in total. The first kappa shape index (κ1) is 25.7. The van der Waals surface area contributed by atoms with Gasteiger partial charge in [-0.05, 0) is 37.3 Å². The largest absolute Gasteiger partial charge is 0.362 e. The van der Waals surface area contributed by atoms with Gasteiger partial charge in [0.25, 0.3) is 0 Å². The number of halogens is 2. The number of anilines is 3. The van der Waals surface area contributed by atoms with Crippen LogP contribution in [0.1, 0.15) is 5.56 Å². The molecule has 40 heavy (non-hydrogen) atoms. The van der Waals surface area contributed by atoms with Crippen LogP contribution >= 0.6 is 0 Å². The van der Waals surface area contributed by atoms with E-state index < -0.39 is 17.9 Å². The number of hydrogen-bond donors (Lipinski definition) is 1. The predicted octanol–water partition coefficient (Wildman–Crippen LogP) is 5.89. The van der Waals surface area contributed by atoms with Crippen LogP contribution in [0.4, 0.5) is 25.8 Å². The summed E-state index contributed by atoms with van der Waals surface area (Å²) >= 11 is 0. The molecule has 1 aromatic carbocycles. The molecule has 6 rings (SSSR count). The molecule has 5 aromatic rings. The summed E-state index contributed by atoms with van der Waals surface area (Å²) < 4.78 is 41.1. The molecule has 5 heterocycles. The highest BCUT2D eigenvalue weighted by Crippen LogP contribution is 2.42. The molecule has 1 aliphatic rings. The lowest BCUT2D eigenvalue weighted by molar-refractivity contribution is -0.128. The van der Waals surface area contributed by atoms with Crippen molar-refractivity contribution < 1.29 is 18.3 Å². The number of fused-ring (bicyclic) bond motifs is 1. The highest BCUT2D eigenvalue weighted by atomic mass is 19.1. The molecular weight excluding hydrogens is 514 g/mol. The Morgan fingerprint density at radius 1 is 1.00 bits per heavy atom. The minimum atomic E-state index is -0.722. The number of morpholine rings is 1. The Labute approximate surface area is 229 Å². The van der Waals surface area contributed by atoms with Gasteiger partial charge in [-0.25, -0.2) is 13.8 Å².